The fourth-order valence-electron chi connectivity index (χ4n) is 3.34. The summed E-state index contributed by atoms with van der Waals surface area (Å²) in [6.45, 7) is 6.39. The Labute approximate surface area is 131 Å². The predicted octanol–water partition coefficient (Wildman–Crippen LogP) is 1.10. The van der Waals surface area contributed by atoms with Crippen LogP contribution in [0, 0.1) is 5.92 Å². The van der Waals surface area contributed by atoms with Gasteiger partial charge in [-0.1, -0.05) is 13.8 Å². The summed E-state index contributed by atoms with van der Waals surface area (Å²) in [5.41, 5.74) is 4.53. The number of carbonyl (C=O) groups excluding carboxylic acids is 2. The third-order valence-electron chi connectivity index (χ3n) is 4.73. The quantitative estimate of drug-likeness (QED) is 0.849. The lowest BCUT2D eigenvalue weighted by molar-refractivity contribution is -0.131. The zero-order valence-electron chi connectivity index (χ0n) is 13.3. The molecule has 6 heteroatoms. The molecule has 3 rings (SSSR count). The van der Waals surface area contributed by atoms with Crippen LogP contribution in [0.15, 0.2) is 16.9 Å². The Morgan fingerprint density at radius 2 is 2.23 bits per heavy atom. The van der Waals surface area contributed by atoms with Crippen molar-refractivity contribution in [2.24, 2.45) is 11.0 Å². The van der Waals surface area contributed by atoms with Crippen LogP contribution in [0.3, 0.4) is 0 Å². The molecule has 3 aliphatic rings. The Kier molecular flexibility index (Phi) is 4.18. The van der Waals surface area contributed by atoms with Gasteiger partial charge in [0.2, 0.25) is 5.91 Å². The Balaban J connectivity index is 1.57. The van der Waals surface area contributed by atoms with E-state index < -0.39 is 0 Å². The van der Waals surface area contributed by atoms with Crippen molar-refractivity contribution in [3.05, 3.63) is 11.8 Å². The maximum absolute atomic E-state index is 12.5. The SMILES string of the molecule is CC(C)C1=NNC(C(=O)N2CCC(N3CCCC3=O)C2)=CC1. The normalized spacial score (nSPS) is 25.4. The molecule has 2 saturated heterocycles. The lowest BCUT2D eigenvalue weighted by Gasteiger charge is -2.25. The van der Waals surface area contributed by atoms with Crippen molar-refractivity contribution >= 4 is 17.5 Å². The minimum Gasteiger partial charge on any atom is -0.338 e. The number of hydrogen-bond acceptors (Lipinski definition) is 4. The van der Waals surface area contributed by atoms with E-state index in [4.69, 9.17) is 0 Å². The highest BCUT2D eigenvalue weighted by Gasteiger charge is 2.35. The maximum atomic E-state index is 12.5. The van der Waals surface area contributed by atoms with Gasteiger partial charge < -0.3 is 9.80 Å². The van der Waals surface area contributed by atoms with Gasteiger partial charge in [0.25, 0.3) is 5.91 Å². The predicted molar refractivity (Wildman–Crippen MR) is 84.0 cm³/mol. The summed E-state index contributed by atoms with van der Waals surface area (Å²) in [4.78, 5) is 28.1. The summed E-state index contributed by atoms with van der Waals surface area (Å²) in [7, 11) is 0. The van der Waals surface area contributed by atoms with Gasteiger partial charge in [0, 0.05) is 38.2 Å². The molecule has 0 aliphatic carbocycles. The van der Waals surface area contributed by atoms with Crippen LogP contribution in [0.4, 0.5) is 0 Å². The number of nitrogens with zero attached hydrogens (tertiary/aromatic N) is 3. The largest absolute Gasteiger partial charge is 0.338 e. The number of amides is 2. The first kappa shape index (κ1) is 15.1. The minimum absolute atomic E-state index is 0.000650. The number of likely N-dealkylation sites (tertiary alicyclic amines) is 2. The molecule has 1 atom stereocenters. The number of nitrogens with one attached hydrogen (secondary N) is 1. The number of hydrazone groups is 1. The van der Waals surface area contributed by atoms with Crippen LogP contribution in [0.25, 0.3) is 0 Å². The molecule has 0 aromatic carbocycles. The fraction of sp³-hybridized carbons (Fsp3) is 0.688. The van der Waals surface area contributed by atoms with E-state index in [1.807, 2.05) is 15.9 Å². The molecule has 0 radical (unpaired) electrons. The van der Waals surface area contributed by atoms with Crippen LogP contribution >= 0.6 is 0 Å². The molecule has 1 N–H and O–H groups in total. The second-order valence-corrected chi connectivity index (χ2v) is 6.58. The minimum atomic E-state index is 0.000650. The van der Waals surface area contributed by atoms with Crippen molar-refractivity contribution < 1.29 is 9.59 Å². The van der Waals surface area contributed by atoms with Crippen LogP contribution in [0.1, 0.15) is 39.5 Å². The topological polar surface area (TPSA) is 65.0 Å². The van der Waals surface area contributed by atoms with Crippen LogP contribution in [-0.2, 0) is 9.59 Å². The van der Waals surface area contributed by atoms with Crippen LogP contribution in [0.5, 0.6) is 0 Å². The molecule has 0 aromatic rings. The van der Waals surface area contributed by atoms with E-state index >= 15 is 0 Å². The first-order chi connectivity index (χ1) is 10.6. The van der Waals surface area contributed by atoms with Gasteiger partial charge in [-0.05, 0) is 24.8 Å². The lowest BCUT2D eigenvalue weighted by atomic mass is 10.0. The van der Waals surface area contributed by atoms with Gasteiger partial charge in [0.1, 0.15) is 5.70 Å². The number of rotatable bonds is 3. The molecular formula is C16H24N4O2. The Morgan fingerprint density at radius 3 is 2.82 bits per heavy atom. The van der Waals surface area contributed by atoms with Gasteiger partial charge in [-0.2, -0.15) is 5.10 Å². The molecule has 0 saturated carbocycles. The van der Waals surface area contributed by atoms with Crippen molar-refractivity contribution in [2.75, 3.05) is 19.6 Å². The molecule has 0 aromatic heterocycles. The van der Waals surface area contributed by atoms with Crippen LogP contribution < -0.4 is 5.43 Å². The van der Waals surface area contributed by atoms with E-state index in [0.717, 1.165) is 31.5 Å². The summed E-state index contributed by atoms with van der Waals surface area (Å²) in [5.74, 6) is 0.624. The summed E-state index contributed by atoms with van der Waals surface area (Å²) >= 11 is 0. The highest BCUT2D eigenvalue weighted by atomic mass is 16.2. The molecular weight excluding hydrogens is 280 g/mol. The molecule has 0 bridgehead atoms. The van der Waals surface area contributed by atoms with Gasteiger partial charge in [-0.3, -0.25) is 15.0 Å². The van der Waals surface area contributed by atoms with Gasteiger partial charge in [0.05, 0.1) is 6.04 Å². The Morgan fingerprint density at radius 1 is 1.41 bits per heavy atom. The van der Waals surface area contributed by atoms with E-state index in [0.29, 0.717) is 31.1 Å². The number of hydrogen-bond donors (Lipinski definition) is 1. The highest BCUT2D eigenvalue weighted by Crippen LogP contribution is 2.22. The first-order valence-electron chi connectivity index (χ1n) is 8.17. The van der Waals surface area contributed by atoms with Crippen LogP contribution in [-0.4, -0.2) is 53.0 Å². The standard InChI is InChI=1S/C16H24N4O2/c1-11(2)13-5-6-14(18-17-13)16(22)19-9-7-12(10-19)20-8-3-4-15(20)21/h6,11-12,18H,3-5,7-10H2,1-2H3. The van der Waals surface area contributed by atoms with Crippen molar-refractivity contribution in [3.8, 4) is 0 Å². The van der Waals surface area contributed by atoms with Gasteiger partial charge in [-0.15, -0.1) is 0 Å². The third kappa shape index (κ3) is 2.87. The average Bonchev–Trinajstić information content (AvgIpc) is 3.15. The van der Waals surface area contributed by atoms with E-state index in [9.17, 15) is 9.59 Å². The molecule has 3 heterocycles. The van der Waals surface area contributed by atoms with Crippen molar-refractivity contribution in [3.63, 3.8) is 0 Å². The van der Waals surface area contributed by atoms with Crippen molar-refractivity contribution in [1.29, 1.82) is 0 Å². The molecule has 120 valence electrons. The van der Waals surface area contributed by atoms with E-state index in [1.165, 1.54) is 0 Å². The average molecular weight is 304 g/mol. The van der Waals surface area contributed by atoms with Crippen molar-refractivity contribution in [1.82, 2.24) is 15.2 Å². The van der Waals surface area contributed by atoms with E-state index in [-0.39, 0.29) is 17.9 Å². The molecule has 2 amide bonds. The summed E-state index contributed by atoms with van der Waals surface area (Å²) in [5, 5.41) is 4.30. The zero-order chi connectivity index (χ0) is 15.7. The van der Waals surface area contributed by atoms with Gasteiger partial charge in [-0.25, -0.2) is 0 Å². The smallest absolute Gasteiger partial charge is 0.271 e. The Bertz CT molecular complexity index is 538. The number of carbonyl (C=O) groups is 2. The Hall–Kier alpha value is -1.85. The third-order valence-corrected chi connectivity index (χ3v) is 4.73. The molecule has 1 unspecified atom stereocenters. The van der Waals surface area contributed by atoms with Gasteiger partial charge in [0.15, 0.2) is 0 Å². The van der Waals surface area contributed by atoms with Crippen LogP contribution in [0.2, 0.25) is 0 Å². The molecule has 3 aliphatic heterocycles. The maximum Gasteiger partial charge on any atom is 0.271 e. The van der Waals surface area contributed by atoms with E-state index in [1.54, 1.807) is 0 Å². The van der Waals surface area contributed by atoms with Crippen molar-refractivity contribution in [2.45, 2.75) is 45.6 Å². The number of allylic oxidation sites excluding steroid dienone is 1. The summed E-state index contributed by atoms with van der Waals surface area (Å²) in [6.07, 6.45) is 5.14. The summed E-state index contributed by atoms with van der Waals surface area (Å²) < 4.78 is 0. The molecule has 6 nitrogen and oxygen atoms in total. The second kappa shape index (κ2) is 6.10. The monoisotopic (exact) mass is 304 g/mol. The lowest BCUT2D eigenvalue weighted by Crippen LogP contribution is -2.41. The van der Waals surface area contributed by atoms with E-state index in [2.05, 4.69) is 24.4 Å². The zero-order valence-corrected chi connectivity index (χ0v) is 13.3. The highest BCUT2D eigenvalue weighted by molar-refractivity contribution is 5.96. The molecule has 0 spiro atoms. The molecule has 22 heavy (non-hydrogen) atoms. The fourth-order valence-corrected chi connectivity index (χ4v) is 3.34. The second-order valence-electron chi connectivity index (χ2n) is 6.58. The summed E-state index contributed by atoms with van der Waals surface area (Å²) in [6, 6.07) is 0.192. The molecule has 2 fully saturated rings. The first-order valence-corrected chi connectivity index (χ1v) is 8.17. The van der Waals surface area contributed by atoms with Gasteiger partial charge >= 0.3 is 0 Å².